The van der Waals surface area contributed by atoms with E-state index in [9.17, 15) is 8.42 Å². The SMILES string of the molecule is Cc1ccc(S(=O)(=O)Oc2ncc(Br)cc2C#N)cc1. The topological polar surface area (TPSA) is 80.1 Å². The Bertz CT molecular complexity index is 780. The molecule has 0 atom stereocenters. The lowest BCUT2D eigenvalue weighted by molar-refractivity contribution is 0.475. The van der Waals surface area contributed by atoms with Crippen LogP contribution in [0.2, 0.25) is 0 Å². The zero-order chi connectivity index (χ0) is 14.8. The average molecular weight is 353 g/mol. The summed E-state index contributed by atoms with van der Waals surface area (Å²) in [6.07, 6.45) is 1.36. The molecular weight excluding hydrogens is 344 g/mol. The Hall–Kier alpha value is -1.91. The van der Waals surface area contributed by atoms with Gasteiger partial charge in [0.25, 0.3) is 5.88 Å². The first-order valence-electron chi connectivity index (χ1n) is 5.49. The lowest BCUT2D eigenvalue weighted by Gasteiger charge is -2.07. The standard InChI is InChI=1S/C13H9BrN2O3S/c1-9-2-4-12(5-3-9)20(17,18)19-13-10(7-15)6-11(14)8-16-13/h2-6,8H,1H3. The molecule has 0 saturated carbocycles. The first-order valence-corrected chi connectivity index (χ1v) is 7.69. The molecule has 2 rings (SSSR count). The summed E-state index contributed by atoms with van der Waals surface area (Å²) < 4.78 is 29.7. The summed E-state index contributed by atoms with van der Waals surface area (Å²) in [5, 5.41) is 8.96. The number of halogens is 1. The molecule has 5 nitrogen and oxygen atoms in total. The van der Waals surface area contributed by atoms with Crippen molar-refractivity contribution < 1.29 is 12.6 Å². The monoisotopic (exact) mass is 352 g/mol. The maximum absolute atomic E-state index is 12.1. The molecule has 0 unspecified atom stereocenters. The fourth-order valence-electron chi connectivity index (χ4n) is 1.43. The van der Waals surface area contributed by atoms with Crippen molar-refractivity contribution in [2.24, 2.45) is 0 Å². The predicted octanol–water partition coefficient (Wildman–Crippen LogP) is 2.79. The quantitative estimate of drug-likeness (QED) is 0.793. The van der Waals surface area contributed by atoms with Crippen molar-refractivity contribution in [2.75, 3.05) is 0 Å². The molecule has 0 N–H and O–H groups in total. The van der Waals surface area contributed by atoms with Crippen molar-refractivity contribution in [3.63, 3.8) is 0 Å². The highest BCUT2D eigenvalue weighted by Gasteiger charge is 2.19. The van der Waals surface area contributed by atoms with E-state index in [4.69, 9.17) is 9.44 Å². The summed E-state index contributed by atoms with van der Waals surface area (Å²) >= 11 is 3.15. The molecule has 0 radical (unpaired) electrons. The van der Waals surface area contributed by atoms with E-state index in [0.717, 1.165) is 5.56 Å². The number of benzene rings is 1. The van der Waals surface area contributed by atoms with Crippen LogP contribution in [0.4, 0.5) is 0 Å². The third kappa shape index (κ3) is 3.15. The van der Waals surface area contributed by atoms with Crippen LogP contribution >= 0.6 is 15.9 Å². The van der Waals surface area contributed by atoms with Gasteiger partial charge in [0.15, 0.2) is 0 Å². The van der Waals surface area contributed by atoms with E-state index >= 15 is 0 Å². The van der Waals surface area contributed by atoms with E-state index in [0.29, 0.717) is 4.47 Å². The van der Waals surface area contributed by atoms with Gasteiger partial charge < -0.3 is 4.18 Å². The second-order valence-corrected chi connectivity index (χ2v) is 6.43. The maximum atomic E-state index is 12.1. The Morgan fingerprint density at radius 2 is 1.95 bits per heavy atom. The van der Waals surface area contributed by atoms with Gasteiger partial charge in [0.05, 0.1) is 0 Å². The van der Waals surface area contributed by atoms with Crippen molar-refractivity contribution in [2.45, 2.75) is 11.8 Å². The summed E-state index contributed by atoms with van der Waals surface area (Å²) in [7, 11) is -4.00. The summed E-state index contributed by atoms with van der Waals surface area (Å²) in [6, 6.07) is 9.48. The number of hydrogen-bond acceptors (Lipinski definition) is 5. The number of hydrogen-bond donors (Lipinski definition) is 0. The number of nitriles is 1. The molecule has 0 aliphatic heterocycles. The van der Waals surface area contributed by atoms with E-state index in [1.807, 2.05) is 13.0 Å². The molecule has 0 aliphatic carbocycles. The summed E-state index contributed by atoms with van der Waals surface area (Å²) in [4.78, 5) is 3.82. The molecule has 0 saturated heterocycles. The van der Waals surface area contributed by atoms with Crippen LogP contribution in [0.5, 0.6) is 5.88 Å². The molecule has 0 amide bonds. The predicted molar refractivity (Wildman–Crippen MR) is 75.6 cm³/mol. The third-order valence-electron chi connectivity index (χ3n) is 2.44. The fourth-order valence-corrected chi connectivity index (χ4v) is 2.67. The van der Waals surface area contributed by atoms with E-state index < -0.39 is 10.1 Å². The Labute approximate surface area is 125 Å². The molecule has 7 heteroatoms. The highest BCUT2D eigenvalue weighted by molar-refractivity contribution is 9.10. The first kappa shape index (κ1) is 14.5. The highest BCUT2D eigenvalue weighted by Crippen LogP contribution is 2.23. The zero-order valence-corrected chi connectivity index (χ0v) is 12.8. The molecule has 0 spiro atoms. The van der Waals surface area contributed by atoms with Crippen LogP contribution in [0, 0.1) is 18.3 Å². The Morgan fingerprint density at radius 3 is 2.55 bits per heavy atom. The van der Waals surface area contributed by atoms with E-state index in [2.05, 4.69) is 20.9 Å². The summed E-state index contributed by atoms with van der Waals surface area (Å²) in [5.74, 6) is -0.240. The van der Waals surface area contributed by atoms with Gasteiger partial charge in [-0.3, -0.25) is 0 Å². The second-order valence-electron chi connectivity index (χ2n) is 3.97. The number of aromatic nitrogens is 1. The van der Waals surface area contributed by atoms with Crippen LogP contribution < -0.4 is 4.18 Å². The molecule has 2 aromatic rings. The van der Waals surface area contributed by atoms with Crippen LogP contribution in [0.1, 0.15) is 11.1 Å². The van der Waals surface area contributed by atoms with Crippen LogP contribution in [-0.4, -0.2) is 13.4 Å². The van der Waals surface area contributed by atoms with Crippen LogP contribution in [0.25, 0.3) is 0 Å². The first-order chi connectivity index (χ1) is 9.42. The van der Waals surface area contributed by atoms with Gasteiger partial charge in [-0.15, -0.1) is 0 Å². The van der Waals surface area contributed by atoms with Gasteiger partial charge in [-0.1, -0.05) is 17.7 Å². The summed E-state index contributed by atoms with van der Waals surface area (Å²) in [5.41, 5.74) is 0.971. The van der Waals surface area contributed by atoms with E-state index in [-0.39, 0.29) is 16.3 Å². The Kier molecular flexibility index (Phi) is 4.06. The van der Waals surface area contributed by atoms with Gasteiger partial charge in [-0.25, -0.2) is 4.98 Å². The largest absolute Gasteiger partial charge is 0.357 e. The molecule has 20 heavy (non-hydrogen) atoms. The Morgan fingerprint density at radius 1 is 1.30 bits per heavy atom. The lowest BCUT2D eigenvalue weighted by Crippen LogP contribution is -2.11. The normalized spacial score (nSPS) is 10.8. The lowest BCUT2D eigenvalue weighted by atomic mass is 10.2. The van der Waals surface area contributed by atoms with Gasteiger partial charge in [0, 0.05) is 10.7 Å². The molecule has 0 aliphatic rings. The highest BCUT2D eigenvalue weighted by atomic mass is 79.9. The van der Waals surface area contributed by atoms with Crippen molar-refractivity contribution in [1.82, 2.24) is 4.98 Å². The number of nitrogens with zero attached hydrogens (tertiary/aromatic N) is 2. The molecule has 1 heterocycles. The van der Waals surface area contributed by atoms with Crippen molar-refractivity contribution in [3.8, 4) is 11.9 Å². The minimum absolute atomic E-state index is 0.0108. The average Bonchev–Trinajstić information content (AvgIpc) is 2.41. The van der Waals surface area contributed by atoms with Crippen molar-refractivity contribution in [1.29, 1.82) is 5.26 Å². The van der Waals surface area contributed by atoms with Crippen LogP contribution in [0.3, 0.4) is 0 Å². The number of aryl methyl sites for hydroxylation is 1. The van der Waals surface area contributed by atoms with Crippen molar-refractivity contribution >= 4 is 26.0 Å². The van der Waals surface area contributed by atoms with Crippen LogP contribution in [-0.2, 0) is 10.1 Å². The van der Waals surface area contributed by atoms with Gasteiger partial charge >= 0.3 is 10.1 Å². The van der Waals surface area contributed by atoms with Crippen LogP contribution in [0.15, 0.2) is 45.9 Å². The van der Waals surface area contributed by atoms with E-state index in [1.165, 1.54) is 24.4 Å². The van der Waals surface area contributed by atoms with Gasteiger partial charge in [0.2, 0.25) is 0 Å². The van der Waals surface area contributed by atoms with Crippen molar-refractivity contribution in [3.05, 3.63) is 52.1 Å². The number of pyridine rings is 1. The van der Waals surface area contributed by atoms with Gasteiger partial charge in [-0.05, 0) is 41.1 Å². The molecular formula is C13H9BrN2O3S. The molecule has 1 aromatic carbocycles. The second kappa shape index (κ2) is 5.61. The minimum atomic E-state index is -4.00. The Balaban J connectivity index is 2.39. The number of rotatable bonds is 3. The van der Waals surface area contributed by atoms with E-state index in [1.54, 1.807) is 12.1 Å². The minimum Gasteiger partial charge on any atom is -0.357 e. The molecule has 0 fully saturated rings. The van der Waals surface area contributed by atoms with Gasteiger partial charge in [-0.2, -0.15) is 13.7 Å². The zero-order valence-electron chi connectivity index (χ0n) is 10.4. The molecule has 102 valence electrons. The molecule has 1 aromatic heterocycles. The summed E-state index contributed by atoms with van der Waals surface area (Å²) in [6.45, 7) is 1.85. The van der Waals surface area contributed by atoms with Gasteiger partial charge in [0.1, 0.15) is 16.5 Å². The molecule has 0 bridgehead atoms. The fraction of sp³-hybridized carbons (Fsp3) is 0.0769. The third-order valence-corrected chi connectivity index (χ3v) is 4.10. The smallest absolute Gasteiger partial charge is 0.340 e. The maximum Gasteiger partial charge on any atom is 0.340 e.